The summed E-state index contributed by atoms with van der Waals surface area (Å²) in [5.41, 5.74) is 1.15. The molecule has 1 aromatic carbocycles. The van der Waals surface area contributed by atoms with Gasteiger partial charge in [-0.25, -0.2) is 4.98 Å². The highest BCUT2D eigenvalue weighted by molar-refractivity contribution is 5.84. The number of H-pyrrole nitrogens is 1. The van der Waals surface area contributed by atoms with Crippen molar-refractivity contribution in [3.05, 3.63) is 65.0 Å². The van der Waals surface area contributed by atoms with Gasteiger partial charge in [0, 0.05) is 55.8 Å². The molecular weight excluding hydrogens is 314 g/mol. The Hall–Kier alpha value is -2.73. The predicted octanol–water partition coefficient (Wildman–Crippen LogP) is 2.08. The number of nitrogens with zero attached hydrogens (tertiary/aromatic N) is 3. The zero-order chi connectivity index (χ0) is 17.1. The van der Waals surface area contributed by atoms with Crippen LogP contribution in [0.25, 0.3) is 10.8 Å². The highest BCUT2D eigenvalue weighted by Gasteiger charge is 2.22. The molecular formula is C19H21N5O. The number of anilines is 1. The number of piperidine rings is 1. The van der Waals surface area contributed by atoms with Crippen molar-refractivity contribution in [1.29, 1.82) is 0 Å². The molecule has 3 heterocycles. The largest absolute Gasteiger partial charge is 0.350 e. The molecule has 2 aromatic heterocycles. The molecule has 4 rings (SSSR count). The molecule has 6 nitrogen and oxygen atoms in total. The van der Waals surface area contributed by atoms with E-state index in [4.69, 9.17) is 0 Å². The van der Waals surface area contributed by atoms with Crippen LogP contribution in [0.2, 0.25) is 0 Å². The van der Waals surface area contributed by atoms with Crippen LogP contribution in [-0.4, -0.2) is 34.1 Å². The first-order valence-electron chi connectivity index (χ1n) is 8.65. The van der Waals surface area contributed by atoms with Crippen LogP contribution in [0.1, 0.15) is 18.4 Å². The fourth-order valence-electron chi connectivity index (χ4n) is 3.50. The van der Waals surface area contributed by atoms with Gasteiger partial charge < -0.3 is 15.2 Å². The van der Waals surface area contributed by atoms with Crippen molar-refractivity contribution in [3.63, 3.8) is 0 Å². The van der Waals surface area contributed by atoms with Gasteiger partial charge in [-0.05, 0) is 29.9 Å². The molecule has 0 amide bonds. The Balaban J connectivity index is 1.46. The number of aromatic nitrogens is 3. The molecule has 6 heteroatoms. The SMILES string of the molecule is O=c1[nH]ccnc1N1CCC[C@@H](NCc2cccc3cnccc23)C1. The maximum Gasteiger partial charge on any atom is 0.290 e. The molecule has 1 fully saturated rings. The number of aromatic amines is 1. The van der Waals surface area contributed by atoms with E-state index in [-0.39, 0.29) is 5.56 Å². The van der Waals surface area contributed by atoms with Gasteiger partial charge in [0.15, 0.2) is 5.82 Å². The van der Waals surface area contributed by atoms with E-state index in [1.165, 1.54) is 10.9 Å². The molecule has 1 saturated heterocycles. The Morgan fingerprint density at radius 2 is 2.24 bits per heavy atom. The highest BCUT2D eigenvalue weighted by atomic mass is 16.1. The lowest BCUT2D eigenvalue weighted by Crippen LogP contribution is -2.47. The van der Waals surface area contributed by atoms with Crippen LogP contribution in [-0.2, 0) is 6.54 Å². The molecule has 0 spiro atoms. The van der Waals surface area contributed by atoms with Gasteiger partial charge in [0.1, 0.15) is 0 Å². The lowest BCUT2D eigenvalue weighted by Gasteiger charge is -2.33. The summed E-state index contributed by atoms with van der Waals surface area (Å²) in [5, 5.41) is 6.04. The number of hydrogen-bond donors (Lipinski definition) is 2. The topological polar surface area (TPSA) is 73.9 Å². The van der Waals surface area contributed by atoms with Gasteiger partial charge in [-0.15, -0.1) is 0 Å². The van der Waals surface area contributed by atoms with Gasteiger partial charge in [-0.2, -0.15) is 0 Å². The van der Waals surface area contributed by atoms with Crippen LogP contribution >= 0.6 is 0 Å². The third-order valence-corrected chi connectivity index (χ3v) is 4.76. The maximum atomic E-state index is 12.0. The predicted molar refractivity (Wildman–Crippen MR) is 98.7 cm³/mol. The zero-order valence-electron chi connectivity index (χ0n) is 14.0. The van der Waals surface area contributed by atoms with Crippen LogP contribution in [0.4, 0.5) is 5.82 Å². The first-order valence-corrected chi connectivity index (χ1v) is 8.65. The second-order valence-corrected chi connectivity index (χ2v) is 6.42. The summed E-state index contributed by atoms with van der Waals surface area (Å²) < 4.78 is 0. The summed E-state index contributed by atoms with van der Waals surface area (Å²) in [6.45, 7) is 2.48. The van der Waals surface area contributed by atoms with Crippen LogP contribution in [0.15, 0.2) is 53.8 Å². The first kappa shape index (κ1) is 15.8. The Morgan fingerprint density at radius 3 is 3.16 bits per heavy atom. The van der Waals surface area contributed by atoms with Crippen molar-refractivity contribution in [2.75, 3.05) is 18.0 Å². The highest BCUT2D eigenvalue weighted by Crippen LogP contribution is 2.19. The molecule has 1 aliphatic rings. The number of fused-ring (bicyclic) bond motifs is 1. The van der Waals surface area contributed by atoms with Gasteiger partial charge in [0.2, 0.25) is 0 Å². The third kappa shape index (κ3) is 3.39. The van der Waals surface area contributed by atoms with Crippen LogP contribution < -0.4 is 15.8 Å². The van der Waals surface area contributed by atoms with Crippen LogP contribution in [0.3, 0.4) is 0 Å². The van der Waals surface area contributed by atoms with Crippen LogP contribution in [0.5, 0.6) is 0 Å². The summed E-state index contributed by atoms with van der Waals surface area (Å²) >= 11 is 0. The monoisotopic (exact) mass is 335 g/mol. The van der Waals surface area contributed by atoms with Crippen molar-refractivity contribution < 1.29 is 0 Å². The van der Waals surface area contributed by atoms with Crippen LogP contribution in [0, 0.1) is 0 Å². The fourth-order valence-corrected chi connectivity index (χ4v) is 3.50. The normalized spacial score (nSPS) is 17.8. The average Bonchev–Trinajstić information content (AvgIpc) is 2.67. The van der Waals surface area contributed by atoms with E-state index in [1.807, 2.05) is 12.4 Å². The van der Waals surface area contributed by atoms with Gasteiger partial charge in [-0.1, -0.05) is 18.2 Å². The first-order chi connectivity index (χ1) is 12.3. The summed E-state index contributed by atoms with van der Waals surface area (Å²) in [5.74, 6) is 0.519. The molecule has 3 aromatic rings. The van der Waals surface area contributed by atoms with Gasteiger partial charge in [-0.3, -0.25) is 9.78 Å². The van der Waals surface area contributed by atoms with E-state index in [2.05, 4.69) is 49.4 Å². The zero-order valence-corrected chi connectivity index (χ0v) is 14.0. The second kappa shape index (κ2) is 7.03. The minimum Gasteiger partial charge on any atom is -0.350 e. The second-order valence-electron chi connectivity index (χ2n) is 6.42. The van der Waals surface area contributed by atoms with Crippen molar-refractivity contribution in [2.45, 2.75) is 25.4 Å². The molecule has 0 unspecified atom stereocenters. The number of pyridine rings is 1. The minimum atomic E-state index is -0.121. The number of hydrogen-bond acceptors (Lipinski definition) is 5. The van der Waals surface area contributed by atoms with E-state index in [1.54, 1.807) is 12.4 Å². The van der Waals surface area contributed by atoms with Crippen molar-refractivity contribution >= 4 is 16.6 Å². The number of nitrogens with one attached hydrogen (secondary N) is 2. The van der Waals surface area contributed by atoms with E-state index >= 15 is 0 Å². The Bertz CT molecular complexity index is 917. The lowest BCUT2D eigenvalue weighted by molar-refractivity contribution is 0.420. The summed E-state index contributed by atoms with van der Waals surface area (Å²) in [7, 11) is 0. The molecule has 2 N–H and O–H groups in total. The van der Waals surface area contributed by atoms with Crippen molar-refractivity contribution in [3.8, 4) is 0 Å². The smallest absolute Gasteiger partial charge is 0.290 e. The van der Waals surface area contributed by atoms with Gasteiger partial charge >= 0.3 is 0 Å². The Labute approximate surface area is 145 Å². The molecule has 0 aliphatic carbocycles. The molecule has 1 aliphatic heterocycles. The average molecular weight is 335 g/mol. The van der Waals surface area contributed by atoms with E-state index in [9.17, 15) is 4.79 Å². The van der Waals surface area contributed by atoms with E-state index in [0.29, 0.717) is 11.9 Å². The van der Waals surface area contributed by atoms with E-state index in [0.717, 1.165) is 37.9 Å². The molecule has 1 atom stereocenters. The standard InChI is InChI=1S/C19H21N5O/c25-19-18(21-8-9-22-19)24-10-2-5-16(13-24)23-12-15-4-1-3-14-11-20-7-6-17(14)15/h1,3-4,6-9,11,16,23H,2,5,10,12-13H2,(H,22,25)/t16-/m1/s1. The molecule has 0 radical (unpaired) electrons. The lowest BCUT2D eigenvalue weighted by atomic mass is 10.0. The Morgan fingerprint density at radius 1 is 1.28 bits per heavy atom. The maximum absolute atomic E-state index is 12.0. The molecule has 128 valence electrons. The summed E-state index contributed by atoms with van der Waals surface area (Å²) in [4.78, 5) is 25.2. The van der Waals surface area contributed by atoms with Gasteiger partial charge in [0.25, 0.3) is 5.56 Å². The van der Waals surface area contributed by atoms with E-state index < -0.39 is 0 Å². The van der Waals surface area contributed by atoms with Crippen molar-refractivity contribution in [1.82, 2.24) is 20.3 Å². The van der Waals surface area contributed by atoms with Crippen molar-refractivity contribution in [2.24, 2.45) is 0 Å². The minimum absolute atomic E-state index is 0.121. The Kier molecular flexibility index (Phi) is 4.43. The number of benzene rings is 1. The van der Waals surface area contributed by atoms with Gasteiger partial charge in [0.05, 0.1) is 0 Å². The summed E-state index contributed by atoms with van der Waals surface area (Å²) in [6, 6.07) is 8.71. The number of rotatable bonds is 4. The summed E-state index contributed by atoms with van der Waals surface area (Å²) in [6.07, 6.45) is 9.09. The molecule has 0 saturated carbocycles. The third-order valence-electron chi connectivity index (χ3n) is 4.76. The molecule has 0 bridgehead atoms. The fraction of sp³-hybridized carbons (Fsp3) is 0.316. The quantitative estimate of drug-likeness (QED) is 0.764. The molecule has 25 heavy (non-hydrogen) atoms.